The predicted octanol–water partition coefficient (Wildman–Crippen LogP) is 5.17. The topological polar surface area (TPSA) is 17.1 Å². The summed E-state index contributed by atoms with van der Waals surface area (Å²) >= 11 is 1.09. The molecule has 0 amide bonds. The Morgan fingerprint density at radius 3 is 2.35 bits per heavy atom. The molecule has 1 atom stereocenters. The number of ketones is 1. The number of unbranched alkanes of at least 4 members (excludes halogenated alkanes) is 3. The first kappa shape index (κ1) is 17.1. The molecule has 1 aromatic rings. The van der Waals surface area contributed by atoms with Crippen LogP contribution >= 0.6 is 11.8 Å². The third-order valence-corrected chi connectivity index (χ3v) is 4.25. The van der Waals surface area contributed by atoms with E-state index in [-0.39, 0.29) is 0 Å². The van der Waals surface area contributed by atoms with Crippen molar-refractivity contribution in [3.8, 4) is 0 Å². The van der Waals surface area contributed by atoms with E-state index in [0.717, 1.165) is 37.4 Å². The molecule has 1 unspecified atom stereocenters. The van der Waals surface area contributed by atoms with Crippen LogP contribution in [0.3, 0.4) is 0 Å². The zero-order chi connectivity index (χ0) is 15.0. The maximum Gasteiger partial charge on any atom is 0.451 e. The van der Waals surface area contributed by atoms with Gasteiger partial charge < -0.3 is 0 Å². The Morgan fingerprint density at radius 2 is 1.80 bits per heavy atom. The van der Waals surface area contributed by atoms with Crippen molar-refractivity contribution in [3.05, 3.63) is 35.9 Å². The normalized spacial score (nSPS) is 13.2. The van der Waals surface area contributed by atoms with Gasteiger partial charge in [-0.25, -0.2) is 0 Å². The standard InChI is InChI=1S/C15H19F3OS/c1-2-3-4-8-11-20-13(14(19)15(16,17)18)12-9-6-5-7-10-12/h5-7,9-10,13H,2-4,8,11H2,1H3. The van der Waals surface area contributed by atoms with Crippen molar-refractivity contribution in [2.45, 2.75) is 44.0 Å². The third kappa shape index (κ3) is 5.57. The number of thioether (sulfide) groups is 1. The molecule has 1 aromatic carbocycles. The molecular weight excluding hydrogens is 285 g/mol. The van der Waals surface area contributed by atoms with E-state index < -0.39 is 17.2 Å². The van der Waals surface area contributed by atoms with Crippen LogP contribution in [0.5, 0.6) is 0 Å². The maximum atomic E-state index is 12.7. The van der Waals surface area contributed by atoms with Gasteiger partial charge in [-0.1, -0.05) is 56.5 Å². The zero-order valence-corrected chi connectivity index (χ0v) is 12.3. The second-order valence-corrected chi connectivity index (χ2v) is 5.80. The van der Waals surface area contributed by atoms with Crippen LogP contribution in [0.2, 0.25) is 0 Å². The van der Waals surface area contributed by atoms with E-state index in [4.69, 9.17) is 0 Å². The van der Waals surface area contributed by atoms with E-state index in [1.807, 2.05) is 0 Å². The third-order valence-electron chi connectivity index (χ3n) is 2.90. The molecular formula is C15H19F3OS. The molecule has 0 heterocycles. The van der Waals surface area contributed by atoms with Gasteiger partial charge >= 0.3 is 6.18 Å². The van der Waals surface area contributed by atoms with E-state index in [2.05, 4.69) is 6.92 Å². The molecule has 0 radical (unpaired) electrons. The minimum atomic E-state index is -4.78. The van der Waals surface area contributed by atoms with Crippen LogP contribution in [-0.2, 0) is 4.79 Å². The van der Waals surface area contributed by atoms with Crippen molar-refractivity contribution < 1.29 is 18.0 Å². The van der Waals surface area contributed by atoms with Gasteiger partial charge in [0, 0.05) is 0 Å². The number of Topliss-reactive ketones (excluding diaryl/α,β-unsaturated/α-hetero) is 1. The quantitative estimate of drug-likeness (QED) is 0.616. The summed E-state index contributed by atoms with van der Waals surface area (Å²) in [7, 11) is 0. The lowest BCUT2D eigenvalue weighted by atomic mass is 10.1. The van der Waals surface area contributed by atoms with E-state index in [1.165, 1.54) is 0 Å². The molecule has 20 heavy (non-hydrogen) atoms. The lowest BCUT2D eigenvalue weighted by Gasteiger charge is -2.17. The fourth-order valence-corrected chi connectivity index (χ4v) is 3.07. The molecule has 0 aromatic heterocycles. The van der Waals surface area contributed by atoms with Gasteiger partial charge in [0.15, 0.2) is 0 Å². The monoisotopic (exact) mass is 304 g/mol. The lowest BCUT2D eigenvalue weighted by Crippen LogP contribution is -2.27. The largest absolute Gasteiger partial charge is 0.451 e. The highest BCUT2D eigenvalue weighted by Crippen LogP contribution is 2.36. The lowest BCUT2D eigenvalue weighted by molar-refractivity contribution is -0.170. The number of hydrogen-bond acceptors (Lipinski definition) is 2. The number of alkyl halides is 3. The molecule has 5 heteroatoms. The van der Waals surface area contributed by atoms with Crippen LogP contribution in [0.4, 0.5) is 13.2 Å². The number of carbonyl (C=O) groups excluding carboxylic acids is 1. The molecule has 0 fully saturated rings. The SMILES string of the molecule is CCCCCCSC(C(=O)C(F)(F)F)c1ccccc1. The van der Waals surface area contributed by atoms with E-state index in [9.17, 15) is 18.0 Å². The van der Waals surface area contributed by atoms with Crippen molar-refractivity contribution in [1.29, 1.82) is 0 Å². The fraction of sp³-hybridized carbons (Fsp3) is 0.533. The summed E-state index contributed by atoms with van der Waals surface area (Å²) in [5, 5.41) is -1.14. The Morgan fingerprint density at radius 1 is 1.15 bits per heavy atom. The first-order valence-corrected chi connectivity index (χ1v) is 7.79. The second kappa shape index (κ2) is 8.35. The first-order chi connectivity index (χ1) is 9.46. The van der Waals surface area contributed by atoms with Gasteiger partial charge in [0.1, 0.15) is 0 Å². The summed E-state index contributed by atoms with van der Waals surface area (Å²) in [6, 6.07) is 8.19. The Kier molecular flexibility index (Phi) is 7.13. The average Bonchev–Trinajstić information content (AvgIpc) is 2.42. The van der Waals surface area contributed by atoms with E-state index >= 15 is 0 Å². The van der Waals surface area contributed by atoms with Crippen molar-refractivity contribution >= 4 is 17.5 Å². The Hall–Kier alpha value is -0.970. The van der Waals surface area contributed by atoms with Crippen LogP contribution in [0.15, 0.2) is 30.3 Å². The molecule has 0 spiro atoms. The molecule has 1 rings (SSSR count). The van der Waals surface area contributed by atoms with Gasteiger partial charge in [0.2, 0.25) is 0 Å². The van der Waals surface area contributed by atoms with Gasteiger partial charge in [-0.2, -0.15) is 13.2 Å². The van der Waals surface area contributed by atoms with Gasteiger partial charge in [-0.05, 0) is 17.7 Å². The van der Waals surface area contributed by atoms with Gasteiger partial charge in [-0.3, -0.25) is 4.79 Å². The Labute approximate surface area is 121 Å². The molecule has 0 saturated heterocycles. The highest BCUT2D eigenvalue weighted by Gasteiger charge is 2.43. The maximum absolute atomic E-state index is 12.7. The van der Waals surface area contributed by atoms with Crippen molar-refractivity contribution in [2.75, 3.05) is 5.75 Å². The van der Waals surface area contributed by atoms with Crippen LogP contribution in [0.1, 0.15) is 43.4 Å². The zero-order valence-electron chi connectivity index (χ0n) is 11.5. The molecule has 112 valence electrons. The number of benzene rings is 1. The summed E-state index contributed by atoms with van der Waals surface area (Å²) in [4.78, 5) is 11.5. The summed E-state index contributed by atoms with van der Waals surface area (Å²) in [5.41, 5.74) is 0.426. The van der Waals surface area contributed by atoms with Crippen LogP contribution < -0.4 is 0 Å². The smallest absolute Gasteiger partial charge is 0.288 e. The highest BCUT2D eigenvalue weighted by atomic mass is 32.2. The minimum Gasteiger partial charge on any atom is -0.288 e. The van der Waals surface area contributed by atoms with E-state index in [1.54, 1.807) is 30.3 Å². The molecule has 0 saturated carbocycles. The first-order valence-electron chi connectivity index (χ1n) is 6.74. The summed E-state index contributed by atoms with van der Waals surface area (Å²) < 4.78 is 38.0. The van der Waals surface area contributed by atoms with Crippen molar-refractivity contribution in [3.63, 3.8) is 0 Å². The Balaban J connectivity index is 2.68. The molecule has 0 aliphatic carbocycles. The number of rotatable bonds is 8. The summed E-state index contributed by atoms with van der Waals surface area (Å²) in [6.07, 6.45) is -0.798. The van der Waals surface area contributed by atoms with Gasteiger partial charge in [0.25, 0.3) is 5.78 Å². The van der Waals surface area contributed by atoms with Crippen LogP contribution in [-0.4, -0.2) is 17.7 Å². The minimum absolute atomic E-state index is 0.426. The van der Waals surface area contributed by atoms with Crippen molar-refractivity contribution in [2.24, 2.45) is 0 Å². The molecule has 0 aliphatic heterocycles. The second-order valence-electron chi connectivity index (χ2n) is 4.58. The highest BCUT2D eigenvalue weighted by molar-refractivity contribution is 8.00. The van der Waals surface area contributed by atoms with Gasteiger partial charge in [0.05, 0.1) is 5.25 Å². The van der Waals surface area contributed by atoms with Gasteiger partial charge in [-0.15, -0.1) is 11.8 Å². The number of carbonyl (C=O) groups is 1. The molecule has 1 nitrogen and oxygen atoms in total. The van der Waals surface area contributed by atoms with Crippen LogP contribution in [0.25, 0.3) is 0 Å². The molecule has 0 bridgehead atoms. The van der Waals surface area contributed by atoms with Crippen molar-refractivity contribution in [1.82, 2.24) is 0 Å². The van der Waals surface area contributed by atoms with Crippen LogP contribution in [0, 0.1) is 0 Å². The average molecular weight is 304 g/mol. The molecule has 0 N–H and O–H groups in total. The molecule has 0 aliphatic rings. The number of halogens is 3. The Bertz CT molecular complexity index is 403. The fourth-order valence-electron chi connectivity index (χ4n) is 1.83. The van der Waals surface area contributed by atoms with E-state index in [0.29, 0.717) is 11.3 Å². The summed E-state index contributed by atoms with van der Waals surface area (Å²) in [6.45, 7) is 2.08. The number of hydrogen-bond donors (Lipinski definition) is 0. The predicted molar refractivity (Wildman–Crippen MR) is 76.8 cm³/mol. The summed E-state index contributed by atoms with van der Waals surface area (Å²) in [5.74, 6) is -1.09.